The van der Waals surface area contributed by atoms with Crippen molar-refractivity contribution in [2.24, 2.45) is 0 Å². The minimum Gasteiger partial charge on any atom is -0.492 e. The highest BCUT2D eigenvalue weighted by molar-refractivity contribution is 6.27. The van der Waals surface area contributed by atoms with Crippen LogP contribution in [0.4, 0.5) is 0 Å². The summed E-state index contributed by atoms with van der Waals surface area (Å²) in [4.78, 5) is 18.2. The quantitative estimate of drug-likeness (QED) is 0.494. The van der Waals surface area contributed by atoms with Gasteiger partial charge in [-0.05, 0) is 24.6 Å². The van der Waals surface area contributed by atoms with Crippen molar-refractivity contribution in [1.82, 2.24) is 5.32 Å². The Morgan fingerprint density at radius 3 is 2.15 bits per heavy atom. The van der Waals surface area contributed by atoms with Gasteiger partial charge in [0.2, 0.25) is 0 Å². The molecule has 6 nitrogen and oxygen atoms in total. The van der Waals surface area contributed by atoms with Crippen molar-refractivity contribution in [3.63, 3.8) is 0 Å². The van der Waals surface area contributed by atoms with Gasteiger partial charge in [0.05, 0.1) is 0 Å². The zero-order valence-corrected chi connectivity index (χ0v) is 14.9. The maximum absolute atomic E-state index is 9.10. The van der Waals surface area contributed by atoms with Crippen LogP contribution >= 0.6 is 0 Å². The zero-order chi connectivity index (χ0) is 19.2. The van der Waals surface area contributed by atoms with E-state index in [-0.39, 0.29) is 0 Å². The summed E-state index contributed by atoms with van der Waals surface area (Å²) in [6.45, 7) is 4.87. The van der Waals surface area contributed by atoms with Crippen molar-refractivity contribution in [3.05, 3.63) is 54.6 Å². The summed E-state index contributed by atoms with van der Waals surface area (Å²) in [5.41, 5.74) is 2.35. The molecule has 0 atom stereocenters. The Morgan fingerprint density at radius 2 is 1.54 bits per heavy atom. The number of benzene rings is 2. The molecule has 0 heterocycles. The molecule has 0 saturated carbocycles. The molecule has 0 aliphatic rings. The number of carboxylic acid groups (broad SMARTS) is 2. The lowest BCUT2D eigenvalue weighted by atomic mass is 10.1. The second kappa shape index (κ2) is 12.5. The highest BCUT2D eigenvalue weighted by Crippen LogP contribution is 2.29. The van der Waals surface area contributed by atoms with Crippen molar-refractivity contribution in [3.8, 4) is 16.9 Å². The average Bonchev–Trinajstić information content (AvgIpc) is 2.66. The van der Waals surface area contributed by atoms with Crippen LogP contribution in [0.5, 0.6) is 5.75 Å². The van der Waals surface area contributed by atoms with Gasteiger partial charge in [-0.15, -0.1) is 0 Å². The number of rotatable bonds is 8. The van der Waals surface area contributed by atoms with E-state index in [0.29, 0.717) is 6.61 Å². The topological polar surface area (TPSA) is 95.9 Å². The number of carbonyl (C=O) groups is 2. The number of hydrogen-bond acceptors (Lipinski definition) is 4. The van der Waals surface area contributed by atoms with Crippen LogP contribution < -0.4 is 10.1 Å². The lowest BCUT2D eigenvalue weighted by molar-refractivity contribution is -0.159. The molecule has 0 radical (unpaired) electrons. The van der Waals surface area contributed by atoms with E-state index in [1.54, 1.807) is 0 Å². The van der Waals surface area contributed by atoms with Crippen LogP contribution in [0.25, 0.3) is 11.1 Å². The van der Waals surface area contributed by atoms with Crippen LogP contribution in [-0.2, 0) is 9.59 Å². The Morgan fingerprint density at radius 1 is 0.923 bits per heavy atom. The summed E-state index contributed by atoms with van der Waals surface area (Å²) in [5, 5.41) is 18.2. The monoisotopic (exact) mass is 359 g/mol. The number of carboxylic acids is 2. The fourth-order valence-electron chi connectivity index (χ4n) is 2.11. The molecule has 2 rings (SSSR count). The van der Waals surface area contributed by atoms with E-state index < -0.39 is 11.9 Å². The van der Waals surface area contributed by atoms with E-state index >= 15 is 0 Å². The van der Waals surface area contributed by atoms with Gasteiger partial charge in [-0.2, -0.15) is 0 Å². The average molecular weight is 359 g/mol. The van der Waals surface area contributed by atoms with E-state index in [4.69, 9.17) is 24.5 Å². The number of ether oxygens (including phenoxy) is 1. The van der Waals surface area contributed by atoms with Gasteiger partial charge < -0.3 is 20.3 Å². The van der Waals surface area contributed by atoms with Gasteiger partial charge in [0, 0.05) is 12.1 Å². The zero-order valence-electron chi connectivity index (χ0n) is 14.9. The van der Waals surface area contributed by atoms with Crippen molar-refractivity contribution in [2.45, 2.75) is 19.8 Å². The summed E-state index contributed by atoms with van der Waals surface area (Å²) in [6, 6.07) is 18.6. The summed E-state index contributed by atoms with van der Waals surface area (Å²) >= 11 is 0. The summed E-state index contributed by atoms with van der Waals surface area (Å²) in [5.74, 6) is -2.69. The molecule has 6 heteroatoms. The van der Waals surface area contributed by atoms with Gasteiger partial charge >= 0.3 is 11.9 Å². The molecule has 0 saturated heterocycles. The van der Waals surface area contributed by atoms with E-state index in [1.165, 1.54) is 18.4 Å². The molecule has 26 heavy (non-hydrogen) atoms. The molecule has 3 N–H and O–H groups in total. The predicted molar refractivity (Wildman–Crippen MR) is 100 cm³/mol. The number of para-hydroxylation sites is 1. The number of unbranched alkanes of at least 4 members (excludes halogenated alkanes) is 1. The third kappa shape index (κ3) is 8.30. The lowest BCUT2D eigenvalue weighted by Gasteiger charge is -2.12. The first-order chi connectivity index (χ1) is 12.6. The van der Waals surface area contributed by atoms with Crippen LogP contribution in [0.15, 0.2) is 54.6 Å². The van der Waals surface area contributed by atoms with Crippen molar-refractivity contribution in [2.75, 3.05) is 19.7 Å². The second-order valence-corrected chi connectivity index (χ2v) is 5.42. The summed E-state index contributed by atoms with van der Waals surface area (Å²) in [6.07, 6.45) is 2.45. The van der Waals surface area contributed by atoms with E-state index in [0.717, 1.165) is 24.4 Å². The highest BCUT2D eigenvalue weighted by Gasteiger charge is 2.05. The summed E-state index contributed by atoms with van der Waals surface area (Å²) in [7, 11) is 0. The van der Waals surface area contributed by atoms with E-state index in [2.05, 4.69) is 48.6 Å². The maximum Gasteiger partial charge on any atom is 0.414 e. The van der Waals surface area contributed by atoms with Gasteiger partial charge in [0.1, 0.15) is 12.4 Å². The maximum atomic E-state index is 9.10. The van der Waals surface area contributed by atoms with Gasteiger partial charge in [0.15, 0.2) is 0 Å². The molecule has 2 aromatic rings. The first kappa shape index (κ1) is 21.2. The van der Waals surface area contributed by atoms with Gasteiger partial charge in [0.25, 0.3) is 0 Å². The third-order valence-electron chi connectivity index (χ3n) is 3.40. The molecule has 0 aliphatic heterocycles. The van der Waals surface area contributed by atoms with Crippen LogP contribution in [0.3, 0.4) is 0 Å². The van der Waals surface area contributed by atoms with Crippen LogP contribution in [-0.4, -0.2) is 41.8 Å². The molecular formula is C20H25NO5. The van der Waals surface area contributed by atoms with Crippen molar-refractivity contribution < 1.29 is 24.5 Å². The normalized spacial score (nSPS) is 9.73. The summed E-state index contributed by atoms with van der Waals surface area (Å²) < 4.78 is 5.91. The second-order valence-electron chi connectivity index (χ2n) is 5.42. The predicted octanol–water partition coefficient (Wildman–Crippen LogP) is 3.28. The molecular weight excluding hydrogens is 334 g/mol. The minimum atomic E-state index is -1.82. The van der Waals surface area contributed by atoms with E-state index in [9.17, 15) is 0 Å². The lowest BCUT2D eigenvalue weighted by Crippen LogP contribution is -2.22. The Balaban J connectivity index is 0.000000487. The molecule has 0 aromatic heterocycles. The van der Waals surface area contributed by atoms with Crippen molar-refractivity contribution >= 4 is 11.9 Å². The van der Waals surface area contributed by atoms with Crippen LogP contribution in [0, 0.1) is 0 Å². The number of hydrogen-bond donors (Lipinski definition) is 3. The standard InChI is InChI=1S/C18H23NO.C2H2O4/c1-2-3-13-19-14-15-20-18-12-8-7-11-17(18)16-9-5-4-6-10-16;3-1(4)2(5)6/h4-12,19H,2-3,13-15H2,1H3;(H,3,4)(H,5,6). The Labute approximate surface area is 153 Å². The van der Waals surface area contributed by atoms with Gasteiger partial charge in [-0.3, -0.25) is 0 Å². The van der Waals surface area contributed by atoms with Crippen molar-refractivity contribution in [1.29, 1.82) is 0 Å². The molecule has 140 valence electrons. The number of nitrogens with one attached hydrogen (secondary N) is 1. The van der Waals surface area contributed by atoms with E-state index in [1.807, 2.05) is 18.2 Å². The Kier molecular flexibility index (Phi) is 10.2. The SMILES string of the molecule is CCCCNCCOc1ccccc1-c1ccccc1.O=C(O)C(=O)O. The third-order valence-corrected chi connectivity index (χ3v) is 3.40. The Hall–Kier alpha value is -2.86. The molecule has 2 aromatic carbocycles. The van der Waals surface area contributed by atoms with Gasteiger partial charge in [-0.1, -0.05) is 61.9 Å². The fourth-order valence-corrected chi connectivity index (χ4v) is 2.11. The first-order valence-corrected chi connectivity index (χ1v) is 8.50. The van der Waals surface area contributed by atoms with Crippen LogP contribution in [0.1, 0.15) is 19.8 Å². The smallest absolute Gasteiger partial charge is 0.414 e. The number of aliphatic carboxylic acids is 2. The molecule has 0 spiro atoms. The van der Waals surface area contributed by atoms with Crippen LogP contribution in [0.2, 0.25) is 0 Å². The molecule has 0 unspecified atom stereocenters. The fraction of sp³-hybridized carbons (Fsp3) is 0.300. The molecule has 0 aliphatic carbocycles. The largest absolute Gasteiger partial charge is 0.492 e. The first-order valence-electron chi connectivity index (χ1n) is 8.50. The minimum absolute atomic E-state index is 0.702. The molecule has 0 amide bonds. The Bertz CT molecular complexity index is 661. The molecule has 0 bridgehead atoms. The van der Waals surface area contributed by atoms with Gasteiger partial charge in [-0.25, -0.2) is 9.59 Å². The highest BCUT2D eigenvalue weighted by atomic mass is 16.5. The molecule has 0 fully saturated rings.